The fraction of sp³-hybridized carbons (Fsp3) is 0.367. The molecule has 43 heavy (non-hydrogen) atoms. The van der Waals surface area contributed by atoms with Gasteiger partial charge in [-0.1, -0.05) is 29.3 Å². The standard InChI is InChI=1S/C30H30ClFN6O3S2/c1-20-3-5-22(6-4-20)43(39,40)38-25(21-16-35-37(19-21)10-9-36-11-13-41-14-12-36)15-23-27(24(31)17-33-28(23)38)26-18-34-29(42-26)30(32)7-2-8-30/h3-6,15-19H,2,7-14H2,1H3. The Labute approximate surface area is 257 Å². The van der Waals surface area contributed by atoms with Crippen LogP contribution < -0.4 is 0 Å². The van der Waals surface area contributed by atoms with E-state index < -0.39 is 15.7 Å². The van der Waals surface area contributed by atoms with Gasteiger partial charge in [-0.3, -0.25) is 9.58 Å². The molecule has 0 bridgehead atoms. The molecule has 1 saturated carbocycles. The lowest BCUT2D eigenvalue weighted by Crippen LogP contribution is -2.38. The predicted molar refractivity (Wildman–Crippen MR) is 165 cm³/mol. The van der Waals surface area contributed by atoms with E-state index in [0.717, 1.165) is 31.6 Å². The van der Waals surface area contributed by atoms with Crippen LogP contribution in [0.2, 0.25) is 5.02 Å². The molecule has 0 unspecified atom stereocenters. The third-order valence-electron chi connectivity index (χ3n) is 8.26. The Morgan fingerprint density at radius 3 is 2.56 bits per heavy atom. The van der Waals surface area contributed by atoms with Crippen molar-refractivity contribution in [3.05, 3.63) is 70.7 Å². The SMILES string of the molecule is Cc1ccc(S(=O)(=O)n2c(-c3cnn(CCN4CCOCC4)c3)cc3c(-c4cnc(C5(F)CCC5)s4)c(Cl)cnc32)cc1. The van der Waals surface area contributed by atoms with Crippen LogP contribution >= 0.6 is 22.9 Å². The lowest BCUT2D eigenvalue weighted by atomic mass is 9.83. The summed E-state index contributed by atoms with van der Waals surface area (Å²) < 4.78 is 52.3. The number of thiazole rings is 1. The van der Waals surface area contributed by atoms with Gasteiger partial charge in [-0.05, 0) is 44.4 Å². The molecule has 0 amide bonds. The number of hydrogen-bond acceptors (Lipinski definition) is 8. The summed E-state index contributed by atoms with van der Waals surface area (Å²) in [5.74, 6) is 0. The van der Waals surface area contributed by atoms with Crippen LogP contribution in [0.25, 0.3) is 32.7 Å². The molecule has 1 aliphatic carbocycles. The van der Waals surface area contributed by atoms with Crippen LogP contribution in [-0.4, -0.2) is 69.9 Å². The molecule has 1 aromatic carbocycles. The third kappa shape index (κ3) is 5.18. The molecular formula is C30H30ClFN6O3S2. The molecule has 13 heteroatoms. The zero-order chi connectivity index (χ0) is 29.8. The Hall–Kier alpha value is -3.16. The Morgan fingerprint density at radius 1 is 1.07 bits per heavy atom. The van der Waals surface area contributed by atoms with Crippen molar-refractivity contribution < 1.29 is 17.5 Å². The molecule has 0 radical (unpaired) electrons. The summed E-state index contributed by atoms with van der Waals surface area (Å²) in [6.45, 7) is 6.53. The highest BCUT2D eigenvalue weighted by Crippen LogP contribution is 2.49. The van der Waals surface area contributed by atoms with Gasteiger partial charge in [0.25, 0.3) is 10.0 Å². The maximum atomic E-state index is 15.2. The molecule has 4 aromatic heterocycles. The molecule has 5 aromatic rings. The van der Waals surface area contributed by atoms with E-state index >= 15 is 4.39 Å². The number of alkyl halides is 1. The van der Waals surface area contributed by atoms with Crippen LogP contribution in [0.3, 0.4) is 0 Å². The Bertz CT molecular complexity index is 1910. The molecule has 0 spiro atoms. The van der Waals surface area contributed by atoms with Crippen molar-refractivity contribution >= 4 is 44.0 Å². The van der Waals surface area contributed by atoms with Gasteiger partial charge in [-0.25, -0.2) is 26.7 Å². The molecule has 224 valence electrons. The van der Waals surface area contributed by atoms with Gasteiger partial charge in [0, 0.05) is 54.7 Å². The number of ether oxygens (including phenoxy) is 1. The average Bonchev–Trinajstić information content (AvgIpc) is 3.74. The van der Waals surface area contributed by atoms with Crippen molar-refractivity contribution in [3.8, 4) is 21.7 Å². The maximum Gasteiger partial charge on any atom is 0.269 e. The van der Waals surface area contributed by atoms with Crippen molar-refractivity contribution in [2.75, 3.05) is 32.8 Å². The summed E-state index contributed by atoms with van der Waals surface area (Å²) in [6, 6.07) is 8.51. The summed E-state index contributed by atoms with van der Waals surface area (Å²) in [6.07, 6.45) is 8.32. The van der Waals surface area contributed by atoms with Crippen molar-refractivity contribution in [3.63, 3.8) is 0 Å². The molecular weight excluding hydrogens is 611 g/mol. The van der Waals surface area contributed by atoms with Crippen LogP contribution in [-0.2, 0) is 27.0 Å². The van der Waals surface area contributed by atoms with Crippen LogP contribution in [0, 0.1) is 6.92 Å². The van der Waals surface area contributed by atoms with E-state index in [2.05, 4.69) is 20.0 Å². The van der Waals surface area contributed by atoms with Gasteiger partial charge in [0.15, 0.2) is 11.3 Å². The lowest BCUT2D eigenvalue weighted by molar-refractivity contribution is 0.0360. The molecule has 0 atom stereocenters. The van der Waals surface area contributed by atoms with Crippen molar-refractivity contribution in [1.82, 2.24) is 28.6 Å². The first kappa shape index (κ1) is 28.6. The number of halogens is 2. The van der Waals surface area contributed by atoms with E-state index in [1.807, 2.05) is 17.8 Å². The monoisotopic (exact) mass is 640 g/mol. The van der Waals surface area contributed by atoms with Crippen molar-refractivity contribution in [2.45, 2.75) is 43.3 Å². The normalized spacial score (nSPS) is 17.4. The van der Waals surface area contributed by atoms with Crippen molar-refractivity contribution in [1.29, 1.82) is 0 Å². The van der Waals surface area contributed by atoms with Gasteiger partial charge in [0.05, 0.1) is 46.4 Å². The highest BCUT2D eigenvalue weighted by atomic mass is 35.5. The van der Waals surface area contributed by atoms with E-state index in [1.165, 1.54) is 21.5 Å². The minimum absolute atomic E-state index is 0.138. The average molecular weight is 641 g/mol. The van der Waals surface area contributed by atoms with Gasteiger partial charge >= 0.3 is 0 Å². The quantitative estimate of drug-likeness (QED) is 0.208. The largest absolute Gasteiger partial charge is 0.379 e. The Kier molecular flexibility index (Phi) is 7.37. The Morgan fingerprint density at radius 2 is 1.84 bits per heavy atom. The van der Waals surface area contributed by atoms with Crippen LogP contribution in [0.15, 0.2) is 60.0 Å². The van der Waals surface area contributed by atoms with E-state index in [4.69, 9.17) is 16.3 Å². The zero-order valence-corrected chi connectivity index (χ0v) is 25.9. The smallest absolute Gasteiger partial charge is 0.269 e. The second kappa shape index (κ2) is 11.1. The molecule has 2 fully saturated rings. The van der Waals surface area contributed by atoms with Crippen molar-refractivity contribution in [2.24, 2.45) is 0 Å². The fourth-order valence-corrected chi connectivity index (χ4v) is 8.51. The second-order valence-corrected chi connectivity index (χ2v) is 14.3. The number of fused-ring (bicyclic) bond motifs is 1. The minimum Gasteiger partial charge on any atom is -0.379 e. The zero-order valence-electron chi connectivity index (χ0n) is 23.5. The fourth-order valence-electron chi connectivity index (χ4n) is 5.59. The van der Waals surface area contributed by atoms with Crippen LogP contribution in [0.4, 0.5) is 4.39 Å². The van der Waals surface area contributed by atoms with E-state index in [1.54, 1.807) is 42.7 Å². The number of benzene rings is 1. The number of hydrogen-bond donors (Lipinski definition) is 0. The molecule has 9 nitrogen and oxygen atoms in total. The second-order valence-electron chi connectivity index (χ2n) is 11.1. The molecule has 7 rings (SSSR count). The summed E-state index contributed by atoms with van der Waals surface area (Å²) in [7, 11) is -4.08. The number of rotatable bonds is 8. The van der Waals surface area contributed by atoms with Gasteiger partial charge in [0.2, 0.25) is 0 Å². The first-order valence-corrected chi connectivity index (χ1v) is 16.9. The number of pyridine rings is 1. The highest BCUT2D eigenvalue weighted by molar-refractivity contribution is 7.90. The molecule has 2 aliphatic rings. The van der Waals surface area contributed by atoms with E-state index in [9.17, 15) is 8.42 Å². The number of nitrogens with zero attached hydrogens (tertiary/aromatic N) is 6. The van der Waals surface area contributed by atoms with Gasteiger partial charge in [-0.15, -0.1) is 11.3 Å². The number of aryl methyl sites for hydroxylation is 1. The Balaban J connectivity index is 1.36. The molecule has 1 aliphatic heterocycles. The van der Waals surface area contributed by atoms with E-state index in [-0.39, 0.29) is 10.5 Å². The van der Waals surface area contributed by atoms with Crippen LogP contribution in [0.5, 0.6) is 0 Å². The summed E-state index contributed by atoms with van der Waals surface area (Å²) in [5, 5.41) is 5.85. The molecule has 0 N–H and O–H groups in total. The lowest BCUT2D eigenvalue weighted by Gasteiger charge is -2.31. The summed E-state index contributed by atoms with van der Waals surface area (Å²) >= 11 is 7.97. The summed E-state index contributed by atoms with van der Waals surface area (Å²) in [4.78, 5) is 12.0. The third-order valence-corrected chi connectivity index (χ3v) is 11.5. The topological polar surface area (TPSA) is 95.1 Å². The van der Waals surface area contributed by atoms with Gasteiger partial charge in [-0.2, -0.15) is 5.10 Å². The van der Waals surface area contributed by atoms with Gasteiger partial charge in [0.1, 0.15) is 5.01 Å². The van der Waals surface area contributed by atoms with Gasteiger partial charge < -0.3 is 4.74 Å². The predicted octanol–water partition coefficient (Wildman–Crippen LogP) is 5.90. The first-order chi connectivity index (χ1) is 20.7. The van der Waals surface area contributed by atoms with E-state index in [0.29, 0.717) is 69.7 Å². The maximum absolute atomic E-state index is 15.2. The molecule has 1 saturated heterocycles. The van der Waals surface area contributed by atoms with Crippen LogP contribution in [0.1, 0.15) is 29.8 Å². The molecule has 5 heterocycles. The first-order valence-electron chi connectivity index (χ1n) is 14.2. The number of aromatic nitrogens is 5. The highest BCUT2D eigenvalue weighted by Gasteiger charge is 2.42. The number of morpholine rings is 1. The summed E-state index contributed by atoms with van der Waals surface area (Å²) in [5.41, 5.74) is 1.38. The minimum atomic E-state index is -4.08.